The molecule has 120 valence electrons. The zero-order valence-corrected chi connectivity index (χ0v) is 12.6. The minimum absolute atomic E-state index is 0.0416. The first-order valence-corrected chi connectivity index (χ1v) is 8.11. The summed E-state index contributed by atoms with van der Waals surface area (Å²) in [4.78, 5) is 16.7. The molecule has 3 fully saturated rings. The maximum atomic E-state index is 12.4. The Bertz CT molecular complexity index is 512. The van der Waals surface area contributed by atoms with Crippen molar-refractivity contribution in [2.45, 2.75) is 31.1 Å². The van der Waals surface area contributed by atoms with E-state index in [4.69, 9.17) is 13.9 Å². The zero-order chi connectivity index (χ0) is 14.9. The summed E-state index contributed by atoms with van der Waals surface area (Å²) >= 11 is 0. The first-order valence-electron chi connectivity index (χ1n) is 8.11. The molecular formula is C16H22N2O4. The van der Waals surface area contributed by atoms with E-state index in [1.165, 1.54) is 6.26 Å². The van der Waals surface area contributed by atoms with Crippen LogP contribution in [0.15, 0.2) is 22.8 Å². The number of likely N-dealkylation sites (tertiary alicyclic amines) is 1. The number of hydrogen-bond donors (Lipinski definition) is 0. The fraction of sp³-hybridized carbons (Fsp3) is 0.688. The van der Waals surface area contributed by atoms with E-state index in [1.807, 2.05) is 4.90 Å². The van der Waals surface area contributed by atoms with Gasteiger partial charge in [0, 0.05) is 32.8 Å². The maximum Gasteiger partial charge on any atom is 0.289 e. The van der Waals surface area contributed by atoms with Gasteiger partial charge in [0.15, 0.2) is 5.76 Å². The number of furan rings is 1. The molecule has 1 aromatic rings. The van der Waals surface area contributed by atoms with E-state index >= 15 is 0 Å². The van der Waals surface area contributed by atoms with Crippen LogP contribution in [0.5, 0.6) is 0 Å². The van der Waals surface area contributed by atoms with E-state index < -0.39 is 0 Å². The molecular weight excluding hydrogens is 284 g/mol. The number of amides is 1. The number of hydrogen-bond acceptors (Lipinski definition) is 5. The molecule has 0 N–H and O–H groups in total. The van der Waals surface area contributed by atoms with Crippen molar-refractivity contribution in [2.75, 3.05) is 39.4 Å². The second-order valence-corrected chi connectivity index (χ2v) is 6.29. The van der Waals surface area contributed by atoms with Gasteiger partial charge < -0.3 is 18.8 Å². The third-order valence-corrected chi connectivity index (χ3v) is 4.90. The maximum absolute atomic E-state index is 12.4. The number of rotatable bonds is 3. The fourth-order valence-corrected chi connectivity index (χ4v) is 3.76. The largest absolute Gasteiger partial charge is 0.459 e. The lowest BCUT2D eigenvalue weighted by atomic mass is 10.1. The number of ether oxygens (including phenoxy) is 2. The molecule has 1 aromatic heterocycles. The molecule has 3 saturated heterocycles. The van der Waals surface area contributed by atoms with Gasteiger partial charge in [0.05, 0.1) is 31.1 Å². The van der Waals surface area contributed by atoms with Crippen LogP contribution in [0.1, 0.15) is 23.4 Å². The highest BCUT2D eigenvalue weighted by molar-refractivity contribution is 5.91. The lowest BCUT2D eigenvalue weighted by Crippen LogP contribution is -2.52. The minimum atomic E-state index is -0.0416. The quantitative estimate of drug-likeness (QED) is 0.833. The molecule has 0 spiro atoms. The molecule has 0 saturated carbocycles. The average molecular weight is 306 g/mol. The summed E-state index contributed by atoms with van der Waals surface area (Å²) < 4.78 is 16.9. The van der Waals surface area contributed by atoms with Crippen LogP contribution >= 0.6 is 0 Å². The Kier molecular flexibility index (Phi) is 3.90. The van der Waals surface area contributed by atoms with E-state index in [-0.39, 0.29) is 18.1 Å². The molecule has 6 nitrogen and oxygen atoms in total. The first kappa shape index (κ1) is 14.2. The lowest BCUT2D eigenvalue weighted by Gasteiger charge is -2.37. The van der Waals surface area contributed by atoms with Gasteiger partial charge in [-0.05, 0) is 25.0 Å². The summed E-state index contributed by atoms with van der Waals surface area (Å²) in [6.07, 6.45) is 4.29. The highest BCUT2D eigenvalue weighted by Gasteiger charge is 2.43. The molecule has 0 radical (unpaired) electrons. The Labute approximate surface area is 129 Å². The summed E-state index contributed by atoms with van der Waals surface area (Å²) in [6, 6.07) is 3.74. The van der Waals surface area contributed by atoms with E-state index in [0.717, 1.165) is 39.1 Å². The molecule has 1 amide bonds. The van der Waals surface area contributed by atoms with Crippen LogP contribution in [-0.2, 0) is 9.47 Å². The van der Waals surface area contributed by atoms with Gasteiger partial charge in [-0.2, -0.15) is 0 Å². The summed E-state index contributed by atoms with van der Waals surface area (Å²) in [5, 5.41) is 0. The van der Waals surface area contributed by atoms with Crippen LogP contribution in [0.3, 0.4) is 0 Å². The monoisotopic (exact) mass is 306 g/mol. The molecule has 4 rings (SSSR count). The smallest absolute Gasteiger partial charge is 0.289 e. The Morgan fingerprint density at radius 1 is 1.27 bits per heavy atom. The van der Waals surface area contributed by atoms with Crippen LogP contribution in [-0.4, -0.2) is 73.3 Å². The van der Waals surface area contributed by atoms with E-state index in [0.29, 0.717) is 25.0 Å². The second-order valence-electron chi connectivity index (χ2n) is 6.29. The van der Waals surface area contributed by atoms with Crippen LogP contribution in [0.25, 0.3) is 0 Å². The summed E-state index contributed by atoms with van der Waals surface area (Å²) in [7, 11) is 0. The molecule has 0 aliphatic carbocycles. The standard InChI is InChI=1S/C16H22N2O4/c19-16(14-4-2-7-21-14)18-10-13-15(11-18)22-8-5-17(13)9-12-3-1-6-20-12/h2,4,7,12-13,15H,1,3,5-6,8-11H2/t12-,13+,15-/m0/s1. The zero-order valence-electron chi connectivity index (χ0n) is 12.6. The number of nitrogens with zero attached hydrogens (tertiary/aromatic N) is 2. The number of carbonyl (C=O) groups is 1. The highest BCUT2D eigenvalue weighted by Crippen LogP contribution is 2.26. The Hall–Kier alpha value is -1.37. The van der Waals surface area contributed by atoms with Gasteiger partial charge in [0.1, 0.15) is 0 Å². The number of carbonyl (C=O) groups excluding carboxylic acids is 1. The summed E-state index contributed by atoms with van der Waals surface area (Å²) in [5.41, 5.74) is 0. The topological polar surface area (TPSA) is 55.2 Å². The fourth-order valence-electron chi connectivity index (χ4n) is 3.76. The van der Waals surface area contributed by atoms with Gasteiger partial charge in [0.25, 0.3) is 5.91 Å². The third kappa shape index (κ3) is 2.66. The second kappa shape index (κ2) is 6.02. The lowest BCUT2D eigenvalue weighted by molar-refractivity contribution is -0.0614. The molecule has 3 aliphatic heterocycles. The Balaban J connectivity index is 1.42. The van der Waals surface area contributed by atoms with Gasteiger partial charge in [-0.3, -0.25) is 9.69 Å². The molecule has 0 aromatic carbocycles. The van der Waals surface area contributed by atoms with Crippen LogP contribution in [0.4, 0.5) is 0 Å². The normalized spacial score (nSPS) is 32.4. The SMILES string of the molecule is O=C(c1ccco1)N1C[C@@H]2OCCN(C[C@@H]3CCCO3)[C@@H]2C1. The van der Waals surface area contributed by atoms with E-state index in [9.17, 15) is 4.79 Å². The van der Waals surface area contributed by atoms with Gasteiger partial charge in [-0.15, -0.1) is 0 Å². The van der Waals surface area contributed by atoms with Crippen molar-refractivity contribution in [3.05, 3.63) is 24.2 Å². The summed E-state index contributed by atoms with van der Waals surface area (Å²) in [5.74, 6) is 0.365. The van der Waals surface area contributed by atoms with Crippen molar-refractivity contribution in [1.82, 2.24) is 9.80 Å². The van der Waals surface area contributed by atoms with Gasteiger partial charge in [-0.25, -0.2) is 0 Å². The van der Waals surface area contributed by atoms with Crippen LogP contribution in [0, 0.1) is 0 Å². The van der Waals surface area contributed by atoms with Gasteiger partial charge in [-0.1, -0.05) is 0 Å². The minimum Gasteiger partial charge on any atom is -0.459 e. The van der Waals surface area contributed by atoms with E-state index in [1.54, 1.807) is 12.1 Å². The highest BCUT2D eigenvalue weighted by atomic mass is 16.5. The average Bonchev–Trinajstić information content (AvgIpc) is 3.28. The predicted octanol–water partition coefficient (Wildman–Crippen LogP) is 0.984. The third-order valence-electron chi connectivity index (χ3n) is 4.90. The molecule has 22 heavy (non-hydrogen) atoms. The van der Waals surface area contributed by atoms with Gasteiger partial charge >= 0.3 is 0 Å². The predicted molar refractivity (Wildman–Crippen MR) is 78.7 cm³/mol. The number of morpholine rings is 1. The molecule has 3 atom stereocenters. The van der Waals surface area contributed by atoms with Gasteiger partial charge in [0.2, 0.25) is 0 Å². The van der Waals surface area contributed by atoms with Crippen LogP contribution in [0.2, 0.25) is 0 Å². The molecule has 3 aliphatic rings. The van der Waals surface area contributed by atoms with Crippen molar-refractivity contribution in [2.24, 2.45) is 0 Å². The molecule has 6 heteroatoms. The van der Waals surface area contributed by atoms with Crippen molar-refractivity contribution < 1.29 is 18.7 Å². The Morgan fingerprint density at radius 3 is 3.00 bits per heavy atom. The first-order chi connectivity index (χ1) is 10.8. The number of fused-ring (bicyclic) bond motifs is 1. The van der Waals surface area contributed by atoms with Crippen LogP contribution < -0.4 is 0 Å². The summed E-state index contributed by atoms with van der Waals surface area (Å²) in [6.45, 7) is 4.84. The molecule has 0 unspecified atom stereocenters. The van der Waals surface area contributed by atoms with Crippen molar-refractivity contribution in [1.29, 1.82) is 0 Å². The van der Waals surface area contributed by atoms with Crippen molar-refractivity contribution in [3.8, 4) is 0 Å². The van der Waals surface area contributed by atoms with Crippen molar-refractivity contribution in [3.63, 3.8) is 0 Å². The molecule has 4 heterocycles. The van der Waals surface area contributed by atoms with E-state index in [2.05, 4.69) is 4.90 Å². The molecule has 0 bridgehead atoms. The Morgan fingerprint density at radius 2 is 2.23 bits per heavy atom. The van der Waals surface area contributed by atoms with Crippen molar-refractivity contribution >= 4 is 5.91 Å².